The van der Waals surface area contributed by atoms with Gasteiger partial charge in [-0.05, 0) is 87.6 Å². The van der Waals surface area contributed by atoms with Crippen molar-refractivity contribution in [3.05, 3.63) is 121 Å². The Kier molecular flexibility index (Phi) is 7.81. The van der Waals surface area contributed by atoms with Crippen molar-refractivity contribution in [2.45, 2.75) is 30.7 Å². The van der Waals surface area contributed by atoms with Crippen molar-refractivity contribution in [1.29, 1.82) is 0 Å². The summed E-state index contributed by atoms with van der Waals surface area (Å²) >= 11 is 11.4. The Morgan fingerprint density at radius 1 is 0.959 bits per heavy atom. The molecule has 2 aliphatic heterocycles. The van der Waals surface area contributed by atoms with Crippen molar-refractivity contribution in [2.75, 3.05) is 12.0 Å². The molecule has 0 radical (unpaired) electrons. The number of phenols is 1. The Labute approximate surface area is 300 Å². The summed E-state index contributed by atoms with van der Waals surface area (Å²) in [5, 5.41) is 13.1. The van der Waals surface area contributed by atoms with Crippen LogP contribution in [0, 0.1) is 23.7 Å². The van der Waals surface area contributed by atoms with Gasteiger partial charge in [0.25, 0.3) is 0 Å². The van der Waals surface area contributed by atoms with Gasteiger partial charge in [-0.25, -0.2) is 4.90 Å². The van der Waals surface area contributed by atoms with E-state index in [4.69, 9.17) is 16.3 Å². The number of allylic oxidation sites excluding steroid dienone is 2. The van der Waals surface area contributed by atoms with E-state index in [1.165, 1.54) is 28.2 Å². The summed E-state index contributed by atoms with van der Waals surface area (Å²) in [4.78, 5) is 61.9. The van der Waals surface area contributed by atoms with Gasteiger partial charge in [-0.15, -0.1) is 11.3 Å². The molecule has 3 fully saturated rings. The first kappa shape index (κ1) is 32.0. The highest BCUT2D eigenvalue weighted by atomic mass is 79.9. The monoisotopic (exact) mass is 756 g/mol. The summed E-state index contributed by atoms with van der Waals surface area (Å²) in [6.45, 7) is 0.202. The number of imide groups is 2. The van der Waals surface area contributed by atoms with E-state index in [0.29, 0.717) is 32.7 Å². The molecule has 0 bridgehead atoms. The van der Waals surface area contributed by atoms with Crippen LogP contribution in [-0.4, -0.2) is 40.7 Å². The van der Waals surface area contributed by atoms with Crippen LogP contribution in [0.4, 0.5) is 5.69 Å². The Morgan fingerprint density at radius 3 is 2.47 bits per heavy atom. The van der Waals surface area contributed by atoms with Crippen molar-refractivity contribution >= 4 is 68.2 Å². The number of rotatable bonds is 6. The van der Waals surface area contributed by atoms with Crippen LogP contribution in [0.3, 0.4) is 0 Å². The number of amides is 4. The molecule has 8 rings (SSSR count). The summed E-state index contributed by atoms with van der Waals surface area (Å²) in [6, 6.07) is 23.2. The molecule has 11 heteroatoms. The fraction of sp³-hybridized carbons (Fsp3) is 0.263. The largest absolute Gasteiger partial charge is 0.503 e. The number of methoxy groups -OCH3 is 1. The zero-order valence-corrected chi connectivity index (χ0v) is 29.4. The first-order valence-electron chi connectivity index (χ1n) is 16.0. The third-order valence-electron chi connectivity index (χ3n) is 10.8. The topological polar surface area (TPSA) is 104 Å². The van der Waals surface area contributed by atoms with E-state index in [9.17, 15) is 19.5 Å². The molecule has 0 spiro atoms. The number of thiophene rings is 1. The number of halogens is 2. The molecule has 2 aliphatic carbocycles. The predicted octanol–water partition coefficient (Wildman–Crippen LogP) is 7.24. The Balaban J connectivity index is 1.36. The lowest BCUT2D eigenvalue weighted by Crippen LogP contribution is -2.53. The van der Waals surface area contributed by atoms with Crippen LogP contribution in [0.1, 0.15) is 34.8 Å². The van der Waals surface area contributed by atoms with Gasteiger partial charge in [-0.2, -0.15) is 0 Å². The van der Waals surface area contributed by atoms with Gasteiger partial charge >= 0.3 is 0 Å². The van der Waals surface area contributed by atoms with Crippen molar-refractivity contribution in [3.8, 4) is 11.5 Å². The highest BCUT2D eigenvalue weighted by Gasteiger charge is 2.70. The average molecular weight is 758 g/mol. The molecular formula is C38H30BrClN2O6S. The molecule has 3 aromatic carbocycles. The van der Waals surface area contributed by atoms with Crippen molar-refractivity contribution in [3.63, 3.8) is 0 Å². The number of aromatic hydroxyl groups is 1. The number of phenolic OH excluding ortho intramolecular Hbond substituents is 1. The molecule has 1 N–H and O–H groups in total. The van der Waals surface area contributed by atoms with Gasteiger partial charge in [0, 0.05) is 15.8 Å². The minimum absolute atomic E-state index is 0.100. The fourth-order valence-corrected chi connectivity index (χ4v) is 10.2. The molecule has 8 nitrogen and oxygen atoms in total. The Morgan fingerprint density at radius 2 is 1.76 bits per heavy atom. The molecule has 4 amide bonds. The first-order valence-corrected chi connectivity index (χ1v) is 18.0. The lowest BCUT2D eigenvalue weighted by atomic mass is 9.49. The standard InChI is InChI=1S/C38H30BrClN2O6S/c1-48-30-16-20(15-29(39)33(30)43)32-25-12-13-26-31(36(46)41(34(26)44)19-24-11-6-14-49-24)27(25)18-28-35(45)42(23-10-5-9-22(40)17-23)37(47)38(28,32)21-7-3-2-4-8-21/h2-12,14-17,26-28,31-32,43H,13,18-19H2,1H3. The zero-order chi connectivity index (χ0) is 34.2. The van der Waals surface area contributed by atoms with Crippen molar-refractivity contribution in [2.24, 2.45) is 23.7 Å². The first-order chi connectivity index (χ1) is 23.7. The van der Waals surface area contributed by atoms with E-state index >= 15 is 4.79 Å². The SMILES string of the molecule is COc1cc(C2C3=CCC4C(=O)N(Cc5cccs5)C(=O)C4C3CC3C(=O)N(c4cccc(Cl)c4)C(=O)C32c2ccccc2)cc(Br)c1O. The van der Waals surface area contributed by atoms with Gasteiger partial charge in [0.2, 0.25) is 23.6 Å². The van der Waals surface area contributed by atoms with Crippen molar-refractivity contribution < 1.29 is 29.0 Å². The molecule has 248 valence electrons. The van der Waals surface area contributed by atoms with Gasteiger partial charge < -0.3 is 9.84 Å². The molecule has 1 aromatic heterocycles. The number of nitrogens with zero attached hydrogens (tertiary/aromatic N) is 2. The second-order valence-electron chi connectivity index (χ2n) is 13.0. The van der Waals surface area contributed by atoms with Crippen LogP contribution in [0.5, 0.6) is 11.5 Å². The lowest BCUT2D eigenvalue weighted by molar-refractivity contribution is -0.141. The number of anilines is 1. The maximum absolute atomic E-state index is 15.3. The van der Waals surface area contributed by atoms with Crippen LogP contribution < -0.4 is 9.64 Å². The second-order valence-corrected chi connectivity index (χ2v) is 15.3. The van der Waals surface area contributed by atoms with E-state index < -0.39 is 40.9 Å². The smallest absolute Gasteiger partial charge is 0.246 e. The number of carbonyl (C=O) groups excluding carboxylic acids is 4. The lowest BCUT2D eigenvalue weighted by Gasteiger charge is -2.50. The Hall–Kier alpha value is -4.25. The van der Waals surface area contributed by atoms with Crippen LogP contribution in [0.2, 0.25) is 5.02 Å². The van der Waals surface area contributed by atoms with E-state index in [1.54, 1.807) is 36.4 Å². The molecule has 6 unspecified atom stereocenters. The van der Waals surface area contributed by atoms with Crippen LogP contribution in [0.15, 0.2) is 100 Å². The highest BCUT2D eigenvalue weighted by molar-refractivity contribution is 9.10. The molecule has 3 heterocycles. The number of ether oxygens (including phenoxy) is 1. The average Bonchev–Trinajstić information content (AvgIpc) is 3.77. The molecule has 4 aliphatic rings. The number of carbonyl (C=O) groups is 4. The fourth-order valence-electron chi connectivity index (χ4n) is 8.81. The number of fused-ring (bicyclic) bond motifs is 4. The van der Waals surface area contributed by atoms with E-state index in [2.05, 4.69) is 15.9 Å². The van der Waals surface area contributed by atoms with Gasteiger partial charge in [0.15, 0.2) is 11.5 Å². The molecule has 1 saturated carbocycles. The van der Waals surface area contributed by atoms with Gasteiger partial charge in [-0.1, -0.05) is 65.7 Å². The minimum atomic E-state index is -1.43. The second kappa shape index (κ2) is 12.0. The Bertz CT molecular complexity index is 2070. The van der Waals surface area contributed by atoms with Gasteiger partial charge in [0.05, 0.1) is 47.0 Å². The number of benzene rings is 3. The summed E-state index contributed by atoms with van der Waals surface area (Å²) in [6.07, 6.45) is 2.54. The maximum Gasteiger partial charge on any atom is 0.246 e. The van der Waals surface area contributed by atoms with Crippen LogP contribution >= 0.6 is 38.9 Å². The van der Waals surface area contributed by atoms with E-state index in [1.807, 2.05) is 53.9 Å². The summed E-state index contributed by atoms with van der Waals surface area (Å²) in [5.41, 5.74) is 1.05. The number of hydrogen-bond donors (Lipinski definition) is 1. The van der Waals surface area contributed by atoms with Crippen LogP contribution in [-0.2, 0) is 31.1 Å². The summed E-state index contributed by atoms with van der Waals surface area (Å²) in [7, 11) is 1.45. The molecule has 6 atom stereocenters. The third-order valence-corrected chi connectivity index (χ3v) is 12.5. The van der Waals surface area contributed by atoms with Gasteiger partial charge in [0.1, 0.15) is 0 Å². The number of likely N-dealkylation sites (tertiary alicyclic amines) is 1. The summed E-state index contributed by atoms with van der Waals surface area (Å²) < 4.78 is 5.94. The quantitative estimate of drug-likeness (QED) is 0.164. The van der Waals surface area contributed by atoms with Gasteiger partial charge in [-0.3, -0.25) is 24.1 Å². The molecule has 2 saturated heterocycles. The summed E-state index contributed by atoms with van der Waals surface area (Å²) in [5.74, 6) is -4.55. The minimum Gasteiger partial charge on any atom is -0.503 e. The van der Waals surface area contributed by atoms with Crippen molar-refractivity contribution in [1.82, 2.24) is 4.90 Å². The number of hydrogen-bond acceptors (Lipinski definition) is 7. The molecular weight excluding hydrogens is 728 g/mol. The third kappa shape index (κ3) is 4.67. The zero-order valence-electron chi connectivity index (χ0n) is 26.2. The maximum atomic E-state index is 15.3. The molecule has 49 heavy (non-hydrogen) atoms. The van der Waals surface area contributed by atoms with E-state index in [0.717, 1.165) is 10.5 Å². The molecule has 4 aromatic rings. The highest BCUT2D eigenvalue weighted by Crippen LogP contribution is 2.65. The normalized spacial score (nSPS) is 27.6. The predicted molar refractivity (Wildman–Crippen MR) is 188 cm³/mol. The van der Waals surface area contributed by atoms with E-state index in [-0.39, 0.29) is 42.2 Å². The van der Waals surface area contributed by atoms with Crippen LogP contribution in [0.25, 0.3) is 0 Å².